The highest BCUT2D eigenvalue weighted by molar-refractivity contribution is 6.11. The van der Waals surface area contributed by atoms with Crippen molar-refractivity contribution in [2.45, 2.75) is 0 Å². The van der Waals surface area contributed by atoms with Crippen molar-refractivity contribution in [1.82, 2.24) is 10.2 Å². The molecule has 0 saturated heterocycles. The molecule has 2 aromatic carbocycles. The van der Waals surface area contributed by atoms with Crippen LogP contribution in [0.25, 0.3) is 10.9 Å². The number of para-hydroxylation sites is 1. The summed E-state index contributed by atoms with van der Waals surface area (Å²) in [6, 6.07) is 17.5. The summed E-state index contributed by atoms with van der Waals surface area (Å²) in [6.07, 6.45) is 1.43. The van der Waals surface area contributed by atoms with Gasteiger partial charge in [0, 0.05) is 16.8 Å². The van der Waals surface area contributed by atoms with E-state index in [1.165, 1.54) is 6.26 Å². The number of anilines is 2. The largest absolute Gasteiger partial charge is 0.459 e. The van der Waals surface area contributed by atoms with E-state index in [1.54, 1.807) is 36.4 Å². The van der Waals surface area contributed by atoms with Crippen LogP contribution < -0.4 is 10.6 Å². The van der Waals surface area contributed by atoms with Gasteiger partial charge in [-0.3, -0.25) is 14.7 Å². The van der Waals surface area contributed by atoms with Gasteiger partial charge < -0.3 is 15.1 Å². The van der Waals surface area contributed by atoms with Crippen molar-refractivity contribution in [3.05, 3.63) is 78.4 Å². The number of nitrogens with zero attached hydrogens (tertiary/aromatic N) is 1. The number of benzene rings is 2. The molecule has 4 rings (SSSR count). The second-order valence-corrected chi connectivity index (χ2v) is 5.58. The first kappa shape index (κ1) is 15.6. The summed E-state index contributed by atoms with van der Waals surface area (Å²) in [7, 11) is 0. The van der Waals surface area contributed by atoms with Gasteiger partial charge >= 0.3 is 0 Å². The molecule has 3 N–H and O–H groups in total. The van der Waals surface area contributed by atoms with Gasteiger partial charge in [-0.15, -0.1) is 0 Å². The predicted octanol–water partition coefficient (Wildman–Crippen LogP) is 3.66. The Kier molecular flexibility index (Phi) is 3.95. The summed E-state index contributed by atoms with van der Waals surface area (Å²) < 4.78 is 5.06. The van der Waals surface area contributed by atoms with E-state index < -0.39 is 0 Å². The molecule has 0 aliphatic heterocycles. The minimum Gasteiger partial charge on any atom is -0.459 e. The highest BCUT2D eigenvalue weighted by Crippen LogP contribution is 2.19. The predicted molar refractivity (Wildman–Crippen MR) is 97.2 cm³/mol. The van der Waals surface area contributed by atoms with Gasteiger partial charge in [0.2, 0.25) is 0 Å². The van der Waals surface area contributed by atoms with E-state index >= 15 is 0 Å². The standard InChI is InChI=1S/C19H14N4O3/c24-18(16-9-4-10-26-16)20-12-5-3-6-13(11-12)21-19(25)17-14-7-1-2-8-15(14)22-23-17/h1-11H,(H,20,24)(H,21,25)(H,22,23). The summed E-state index contributed by atoms with van der Waals surface area (Å²) >= 11 is 0. The summed E-state index contributed by atoms with van der Waals surface area (Å²) in [5.41, 5.74) is 2.18. The number of fused-ring (bicyclic) bond motifs is 1. The maximum Gasteiger partial charge on any atom is 0.291 e. The number of aromatic amines is 1. The van der Waals surface area contributed by atoms with Crippen molar-refractivity contribution in [1.29, 1.82) is 0 Å². The minimum absolute atomic E-state index is 0.211. The molecular weight excluding hydrogens is 332 g/mol. The third kappa shape index (κ3) is 3.05. The average Bonchev–Trinajstić information content (AvgIpc) is 3.32. The maximum atomic E-state index is 12.5. The fourth-order valence-electron chi connectivity index (χ4n) is 2.60. The lowest BCUT2D eigenvalue weighted by Crippen LogP contribution is -2.14. The molecule has 0 bridgehead atoms. The van der Waals surface area contributed by atoms with Crippen LogP contribution in [0.2, 0.25) is 0 Å². The zero-order valence-electron chi connectivity index (χ0n) is 13.5. The van der Waals surface area contributed by atoms with E-state index in [0.29, 0.717) is 17.1 Å². The van der Waals surface area contributed by atoms with Gasteiger partial charge in [-0.05, 0) is 36.4 Å². The van der Waals surface area contributed by atoms with Gasteiger partial charge in [0.25, 0.3) is 11.8 Å². The second-order valence-electron chi connectivity index (χ2n) is 5.58. The molecule has 26 heavy (non-hydrogen) atoms. The molecule has 4 aromatic rings. The van der Waals surface area contributed by atoms with Gasteiger partial charge in [0.05, 0.1) is 11.8 Å². The molecule has 0 atom stereocenters. The molecule has 2 amide bonds. The van der Waals surface area contributed by atoms with Crippen LogP contribution in [0.3, 0.4) is 0 Å². The second kappa shape index (κ2) is 6.56. The van der Waals surface area contributed by atoms with Gasteiger partial charge in [-0.25, -0.2) is 0 Å². The number of nitrogens with one attached hydrogen (secondary N) is 3. The van der Waals surface area contributed by atoms with Gasteiger partial charge in [-0.2, -0.15) is 5.10 Å². The maximum absolute atomic E-state index is 12.5. The van der Waals surface area contributed by atoms with Crippen molar-refractivity contribution in [3.8, 4) is 0 Å². The van der Waals surface area contributed by atoms with Crippen LogP contribution in [0.15, 0.2) is 71.3 Å². The van der Waals surface area contributed by atoms with Crippen LogP contribution in [-0.2, 0) is 0 Å². The van der Waals surface area contributed by atoms with E-state index in [0.717, 1.165) is 10.9 Å². The van der Waals surface area contributed by atoms with Crippen LogP contribution in [0.1, 0.15) is 21.0 Å². The average molecular weight is 346 g/mol. The van der Waals surface area contributed by atoms with E-state index in [9.17, 15) is 9.59 Å². The third-order valence-corrected chi connectivity index (χ3v) is 3.81. The Morgan fingerprint density at radius 1 is 0.885 bits per heavy atom. The highest BCUT2D eigenvalue weighted by atomic mass is 16.3. The topological polar surface area (TPSA) is 100 Å². The molecule has 0 unspecified atom stereocenters. The van der Waals surface area contributed by atoms with Gasteiger partial charge in [-0.1, -0.05) is 24.3 Å². The van der Waals surface area contributed by atoms with Gasteiger partial charge in [0.1, 0.15) is 0 Å². The molecule has 0 aliphatic carbocycles. The van der Waals surface area contributed by atoms with E-state index in [4.69, 9.17) is 4.42 Å². The summed E-state index contributed by atoms with van der Waals surface area (Å²) in [4.78, 5) is 24.5. The number of hydrogen-bond acceptors (Lipinski definition) is 4. The Hall–Kier alpha value is -3.87. The Morgan fingerprint density at radius 2 is 1.65 bits per heavy atom. The Bertz CT molecular complexity index is 1080. The number of furan rings is 1. The fraction of sp³-hybridized carbons (Fsp3) is 0. The first-order chi connectivity index (χ1) is 12.7. The first-order valence-electron chi connectivity index (χ1n) is 7.90. The molecule has 0 saturated carbocycles. The molecule has 2 aromatic heterocycles. The molecule has 0 fully saturated rings. The van der Waals surface area contributed by atoms with Crippen molar-refractivity contribution < 1.29 is 14.0 Å². The molecule has 128 valence electrons. The zero-order valence-corrected chi connectivity index (χ0v) is 13.5. The first-order valence-corrected chi connectivity index (χ1v) is 7.90. The number of carbonyl (C=O) groups is 2. The van der Waals surface area contributed by atoms with Crippen LogP contribution in [0.4, 0.5) is 11.4 Å². The normalized spacial score (nSPS) is 10.6. The third-order valence-electron chi connectivity index (χ3n) is 3.81. The van der Waals surface area contributed by atoms with Crippen LogP contribution in [0.5, 0.6) is 0 Å². The zero-order chi connectivity index (χ0) is 17.9. The van der Waals surface area contributed by atoms with E-state index in [-0.39, 0.29) is 17.6 Å². The monoisotopic (exact) mass is 346 g/mol. The van der Waals surface area contributed by atoms with Crippen LogP contribution in [-0.4, -0.2) is 22.0 Å². The number of hydrogen-bond donors (Lipinski definition) is 3. The summed E-state index contributed by atoms with van der Waals surface area (Å²) in [5, 5.41) is 13.2. The molecule has 7 heteroatoms. The lowest BCUT2D eigenvalue weighted by molar-refractivity contribution is 0.0994. The smallest absolute Gasteiger partial charge is 0.291 e. The Labute approximate surface area is 148 Å². The molecule has 0 spiro atoms. The number of amides is 2. The van der Waals surface area contributed by atoms with Crippen LogP contribution in [0, 0.1) is 0 Å². The molecule has 7 nitrogen and oxygen atoms in total. The summed E-state index contributed by atoms with van der Waals surface area (Å²) in [6.45, 7) is 0. The van der Waals surface area contributed by atoms with Crippen molar-refractivity contribution in [2.75, 3.05) is 10.6 Å². The van der Waals surface area contributed by atoms with Crippen molar-refractivity contribution in [3.63, 3.8) is 0 Å². The number of rotatable bonds is 4. The molecular formula is C19H14N4O3. The lowest BCUT2D eigenvalue weighted by Gasteiger charge is -2.07. The number of aromatic nitrogens is 2. The van der Waals surface area contributed by atoms with E-state index in [1.807, 2.05) is 24.3 Å². The van der Waals surface area contributed by atoms with E-state index in [2.05, 4.69) is 20.8 Å². The SMILES string of the molecule is O=C(Nc1cccc(NC(=O)c2n[nH]c3ccccc23)c1)c1ccco1. The highest BCUT2D eigenvalue weighted by Gasteiger charge is 2.14. The minimum atomic E-state index is -0.364. The Balaban J connectivity index is 1.51. The van der Waals surface area contributed by atoms with Crippen molar-refractivity contribution >= 4 is 34.1 Å². The Morgan fingerprint density at radius 3 is 2.42 bits per heavy atom. The molecule has 2 heterocycles. The molecule has 0 radical (unpaired) electrons. The van der Waals surface area contributed by atoms with Crippen LogP contribution >= 0.6 is 0 Å². The van der Waals surface area contributed by atoms with Crippen molar-refractivity contribution in [2.24, 2.45) is 0 Å². The quantitative estimate of drug-likeness (QED) is 0.525. The summed E-state index contributed by atoms with van der Waals surface area (Å²) in [5.74, 6) is -0.490. The number of H-pyrrole nitrogens is 1. The lowest BCUT2D eigenvalue weighted by atomic mass is 10.2. The van der Waals surface area contributed by atoms with Gasteiger partial charge in [0.15, 0.2) is 11.5 Å². The molecule has 0 aliphatic rings. The number of carbonyl (C=O) groups excluding carboxylic acids is 2. The fourth-order valence-corrected chi connectivity index (χ4v) is 2.60.